The van der Waals surface area contributed by atoms with Gasteiger partial charge in [0.15, 0.2) is 5.58 Å². The second-order valence-corrected chi connectivity index (χ2v) is 8.99. The Morgan fingerprint density at radius 2 is 1.09 bits per heavy atom. The fraction of sp³-hybridized carbons (Fsp3) is 0. The van der Waals surface area contributed by atoms with Crippen LogP contribution in [0, 0.1) is 0 Å². The molecule has 0 radical (unpaired) electrons. The minimum atomic E-state index is 0.882. The Morgan fingerprint density at radius 1 is 0.457 bits per heavy atom. The molecule has 0 aliphatic carbocycles. The van der Waals surface area contributed by atoms with Gasteiger partial charge in [0.2, 0.25) is 0 Å². The Morgan fingerprint density at radius 3 is 1.91 bits per heavy atom. The van der Waals surface area contributed by atoms with E-state index < -0.39 is 0 Å². The predicted molar refractivity (Wildman–Crippen MR) is 143 cm³/mol. The molecule has 164 valence electrons. The molecule has 0 bridgehead atoms. The molecule has 35 heavy (non-hydrogen) atoms. The lowest BCUT2D eigenvalue weighted by molar-refractivity contribution is 0.669. The summed E-state index contributed by atoms with van der Waals surface area (Å²) in [5, 5.41) is 4.51. The van der Waals surface area contributed by atoms with E-state index in [4.69, 9.17) is 8.83 Å². The molecule has 3 heterocycles. The number of para-hydroxylation sites is 3. The van der Waals surface area contributed by atoms with Crippen molar-refractivity contribution in [2.45, 2.75) is 0 Å². The summed E-state index contributed by atoms with van der Waals surface area (Å²) in [6.45, 7) is 0. The third kappa shape index (κ3) is 2.61. The Balaban J connectivity index is 1.36. The minimum absolute atomic E-state index is 0.882. The minimum Gasteiger partial charge on any atom is -0.456 e. The Bertz CT molecular complexity index is 2050. The Hall–Kier alpha value is -4.76. The standard InChI is InChI=1S/C32H19NO2/c1-2-8-22(9-3-1)33-27-12-6-4-11-25(27)32-31(33)26-17-15-21(19-30(26)35-32)20-14-16-24-23-10-5-7-13-28(23)34-29(24)18-20/h1-19H. The number of fused-ring (bicyclic) bond motifs is 8. The summed E-state index contributed by atoms with van der Waals surface area (Å²) in [4.78, 5) is 0. The molecule has 3 aromatic heterocycles. The van der Waals surface area contributed by atoms with Gasteiger partial charge in [0.1, 0.15) is 22.3 Å². The van der Waals surface area contributed by atoms with Gasteiger partial charge in [-0.05, 0) is 65.7 Å². The second-order valence-electron chi connectivity index (χ2n) is 8.99. The first-order chi connectivity index (χ1) is 17.3. The van der Waals surface area contributed by atoms with E-state index in [2.05, 4.69) is 95.6 Å². The summed E-state index contributed by atoms with van der Waals surface area (Å²) < 4.78 is 14.9. The van der Waals surface area contributed by atoms with E-state index in [1.54, 1.807) is 0 Å². The number of aromatic nitrogens is 1. The van der Waals surface area contributed by atoms with Gasteiger partial charge in [-0.25, -0.2) is 0 Å². The molecule has 0 aliphatic heterocycles. The molecular weight excluding hydrogens is 430 g/mol. The molecule has 0 atom stereocenters. The maximum atomic E-state index is 6.52. The van der Waals surface area contributed by atoms with Crippen LogP contribution in [0.15, 0.2) is 124 Å². The summed E-state index contributed by atoms with van der Waals surface area (Å²) in [6.07, 6.45) is 0. The highest BCUT2D eigenvalue weighted by molar-refractivity contribution is 6.17. The number of hydrogen-bond donors (Lipinski definition) is 0. The van der Waals surface area contributed by atoms with Crippen molar-refractivity contribution in [1.82, 2.24) is 4.57 Å². The number of nitrogens with zero attached hydrogens (tertiary/aromatic N) is 1. The van der Waals surface area contributed by atoms with Crippen molar-refractivity contribution >= 4 is 54.9 Å². The molecule has 0 fully saturated rings. The first kappa shape index (κ1) is 18.6. The first-order valence-corrected chi connectivity index (χ1v) is 11.8. The van der Waals surface area contributed by atoms with Crippen LogP contribution in [0.5, 0.6) is 0 Å². The third-order valence-corrected chi connectivity index (χ3v) is 7.00. The molecule has 0 saturated carbocycles. The average Bonchev–Trinajstić information content (AvgIpc) is 3.57. The van der Waals surface area contributed by atoms with Gasteiger partial charge < -0.3 is 13.4 Å². The van der Waals surface area contributed by atoms with Crippen LogP contribution in [-0.2, 0) is 0 Å². The van der Waals surface area contributed by atoms with Gasteiger partial charge in [0.25, 0.3) is 0 Å². The Labute approximate surface area is 200 Å². The zero-order valence-electron chi connectivity index (χ0n) is 18.7. The SMILES string of the molecule is c1ccc(-n2c3ccccc3c3oc4cc(-c5ccc6c(c5)oc5ccccc56)ccc4c32)cc1. The van der Waals surface area contributed by atoms with Crippen LogP contribution in [0.2, 0.25) is 0 Å². The van der Waals surface area contributed by atoms with Crippen LogP contribution < -0.4 is 0 Å². The fourth-order valence-corrected chi connectivity index (χ4v) is 5.40. The lowest BCUT2D eigenvalue weighted by atomic mass is 10.0. The van der Waals surface area contributed by atoms with Crippen LogP contribution in [0.4, 0.5) is 0 Å². The van der Waals surface area contributed by atoms with Crippen molar-refractivity contribution in [3.63, 3.8) is 0 Å². The zero-order chi connectivity index (χ0) is 22.9. The quantitative estimate of drug-likeness (QED) is 0.263. The van der Waals surface area contributed by atoms with E-state index >= 15 is 0 Å². The Kier molecular flexibility index (Phi) is 3.66. The lowest BCUT2D eigenvalue weighted by Crippen LogP contribution is -1.92. The number of rotatable bonds is 2. The second kappa shape index (κ2) is 6.87. The van der Waals surface area contributed by atoms with Gasteiger partial charge in [-0.1, -0.05) is 60.7 Å². The van der Waals surface area contributed by atoms with Crippen LogP contribution in [0.1, 0.15) is 0 Å². The number of furan rings is 2. The molecule has 3 heteroatoms. The summed E-state index contributed by atoms with van der Waals surface area (Å²) in [5.41, 5.74) is 9.20. The van der Waals surface area contributed by atoms with Crippen LogP contribution in [-0.4, -0.2) is 4.57 Å². The molecule has 5 aromatic carbocycles. The van der Waals surface area contributed by atoms with Crippen LogP contribution in [0.25, 0.3) is 71.7 Å². The predicted octanol–water partition coefficient (Wildman–Crippen LogP) is 9.10. The highest BCUT2D eigenvalue weighted by Gasteiger charge is 2.19. The largest absolute Gasteiger partial charge is 0.456 e. The summed E-state index contributed by atoms with van der Waals surface area (Å²) >= 11 is 0. The molecule has 0 unspecified atom stereocenters. The molecule has 0 aliphatic rings. The van der Waals surface area contributed by atoms with Gasteiger partial charge in [-0.15, -0.1) is 0 Å². The molecule has 3 nitrogen and oxygen atoms in total. The van der Waals surface area contributed by atoms with Crippen molar-refractivity contribution in [3.05, 3.63) is 115 Å². The number of benzene rings is 5. The summed E-state index contributed by atoms with van der Waals surface area (Å²) in [6, 6.07) is 40.0. The van der Waals surface area contributed by atoms with E-state index in [0.717, 1.165) is 71.7 Å². The molecule has 0 N–H and O–H groups in total. The first-order valence-electron chi connectivity index (χ1n) is 11.8. The van der Waals surface area contributed by atoms with Gasteiger partial charge >= 0.3 is 0 Å². The summed E-state index contributed by atoms with van der Waals surface area (Å²) in [7, 11) is 0. The van der Waals surface area contributed by atoms with E-state index in [1.807, 2.05) is 24.3 Å². The van der Waals surface area contributed by atoms with E-state index in [1.165, 1.54) is 0 Å². The van der Waals surface area contributed by atoms with Gasteiger partial charge in [0.05, 0.1) is 5.52 Å². The molecule has 8 rings (SSSR count). The molecule has 0 amide bonds. The van der Waals surface area contributed by atoms with Crippen molar-refractivity contribution in [1.29, 1.82) is 0 Å². The van der Waals surface area contributed by atoms with Crippen molar-refractivity contribution < 1.29 is 8.83 Å². The monoisotopic (exact) mass is 449 g/mol. The fourth-order valence-electron chi connectivity index (χ4n) is 5.40. The number of hydrogen-bond acceptors (Lipinski definition) is 2. The van der Waals surface area contributed by atoms with E-state index in [9.17, 15) is 0 Å². The van der Waals surface area contributed by atoms with Gasteiger partial charge in [-0.3, -0.25) is 0 Å². The summed E-state index contributed by atoms with van der Waals surface area (Å²) in [5.74, 6) is 0. The normalized spacial score (nSPS) is 12.0. The van der Waals surface area contributed by atoms with Gasteiger partial charge in [0, 0.05) is 27.2 Å². The topological polar surface area (TPSA) is 31.2 Å². The molecule has 8 aromatic rings. The van der Waals surface area contributed by atoms with Gasteiger partial charge in [-0.2, -0.15) is 0 Å². The molecule has 0 spiro atoms. The van der Waals surface area contributed by atoms with Crippen molar-refractivity contribution in [3.8, 4) is 16.8 Å². The molecule has 0 saturated heterocycles. The van der Waals surface area contributed by atoms with E-state index in [-0.39, 0.29) is 0 Å². The third-order valence-electron chi connectivity index (χ3n) is 7.00. The van der Waals surface area contributed by atoms with Crippen LogP contribution >= 0.6 is 0 Å². The van der Waals surface area contributed by atoms with E-state index in [0.29, 0.717) is 0 Å². The molecular formula is C32H19NO2. The smallest absolute Gasteiger partial charge is 0.161 e. The van der Waals surface area contributed by atoms with Crippen molar-refractivity contribution in [2.24, 2.45) is 0 Å². The highest BCUT2D eigenvalue weighted by Crippen LogP contribution is 2.40. The lowest BCUT2D eigenvalue weighted by Gasteiger charge is -2.07. The maximum Gasteiger partial charge on any atom is 0.161 e. The highest BCUT2D eigenvalue weighted by atomic mass is 16.3. The van der Waals surface area contributed by atoms with Crippen LogP contribution in [0.3, 0.4) is 0 Å². The zero-order valence-corrected chi connectivity index (χ0v) is 18.7. The maximum absolute atomic E-state index is 6.52. The average molecular weight is 450 g/mol. The van der Waals surface area contributed by atoms with Crippen molar-refractivity contribution in [2.75, 3.05) is 0 Å².